The molecule has 1 N–H and O–H groups in total. The van der Waals surface area contributed by atoms with Crippen molar-refractivity contribution in [1.29, 1.82) is 0 Å². The van der Waals surface area contributed by atoms with Crippen LogP contribution in [0.4, 0.5) is 13.2 Å². The Bertz CT molecular complexity index is 720. The maximum atomic E-state index is 12.1. The molecule has 0 aromatic heterocycles. The van der Waals surface area contributed by atoms with Crippen molar-refractivity contribution in [3.8, 4) is 5.75 Å². The molecular formula is C23H31F3O3. The number of aromatic hydroxyl groups is 1. The fraction of sp³-hybridized carbons (Fsp3) is 0.739. The summed E-state index contributed by atoms with van der Waals surface area (Å²) in [5, 5.41) is 9.81. The molecule has 6 heteroatoms. The predicted octanol–water partition coefficient (Wildman–Crippen LogP) is 5.60. The van der Waals surface area contributed by atoms with Gasteiger partial charge in [-0.1, -0.05) is 13.0 Å². The van der Waals surface area contributed by atoms with E-state index in [1.807, 2.05) is 12.1 Å². The Morgan fingerprint density at radius 2 is 1.97 bits per heavy atom. The SMILES string of the molecule is CC12CCC3c4ccc(O)cc4CCC3C1CCC2OCCCOCC(F)(F)F. The summed E-state index contributed by atoms with van der Waals surface area (Å²) in [7, 11) is 0. The second-order valence-electron chi connectivity index (χ2n) is 9.30. The van der Waals surface area contributed by atoms with E-state index in [1.165, 1.54) is 24.0 Å². The molecule has 2 fully saturated rings. The fourth-order valence-electron chi connectivity index (χ4n) is 6.37. The first-order valence-corrected chi connectivity index (χ1v) is 10.9. The van der Waals surface area contributed by atoms with E-state index in [1.54, 1.807) is 0 Å². The van der Waals surface area contributed by atoms with Gasteiger partial charge in [-0.15, -0.1) is 0 Å². The van der Waals surface area contributed by atoms with Crippen LogP contribution in [0, 0.1) is 17.3 Å². The Morgan fingerprint density at radius 1 is 1.14 bits per heavy atom. The lowest BCUT2D eigenvalue weighted by Gasteiger charge is -2.50. The molecule has 1 aromatic carbocycles. The summed E-state index contributed by atoms with van der Waals surface area (Å²) in [6.07, 6.45) is 3.09. The first kappa shape index (κ1) is 21.0. The van der Waals surface area contributed by atoms with E-state index in [9.17, 15) is 18.3 Å². The zero-order chi connectivity index (χ0) is 20.6. The van der Waals surface area contributed by atoms with Crippen LogP contribution in [0.2, 0.25) is 0 Å². The number of aryl methyl sites for hydroxylation is 1. The van der Waals surface area contributed by atoms with Crippen LogP contribution in [0.15, 0.2) is 18.2 Å². The Morgan fingerprint density at radius 3 is 2.76 bits per heavy atom. The van der Waals surface area contributed by atoms with E-state index in [-0.39, 0.29) is 18.1 Å². The standard InChI is InChI=1S/C23H31F3O3/c1-22-10-9-18-17-6-4-16(27)13-15(17)3-5-19(18)20(22)7-8-21(22)29-12-2-11-28-14-23(24,25)26/h4,6,13,18-21,27H,2-3,5,7-12,14H2,1H3. The van der Waals surface area contributed by atoms with Gasteiger partial charge >= 0.3 is 6.18 Å². The van der Waals surface area contributed by atoms with Crippen LogP contribution >= 0.6 is 0 Å². The second kappa shape index (κ2) is 8.10. The summed E-state index contributed by atoms with van der Waals surface area (Å²) in [5.74, 6) is 2.23. The monoisotopic (exact) mass is 412 g/mol. The largest absolute Gasteiger partial charge is 0.508 e. The van der Waals surface area contributed by atoms with Crippen molar-refractivity contribution < 1.29 is 27.8 Å². The average molecular weight is 412 g/mol. The molecule has 3 aliphatic rings. The molecule has 0 heterocycles. The van der Waals surface area contributed by atoms with Gasteiger partial charge in [0.25, 0.3) is 0 Å². The summed E-state index contributed by atoms with van der Waals surface area (Å²) in [4.78, 5) is 0. The lowest BCUT2D eigenvalue weighted by Crippen LogP contribution is -2.44. The highest BCUT2D eigenvalue weighted by Crippen LogP contribution is 2.61. The summed E-state index contributed by atoms with van der Waals surface area (Å²) < 4.78 is 47.2. The third kappa shape index (κ3) is 4.29. The number of ether oxygens (including phenoxy) is 2. The first-order valence-electron chi connectivity index (χ1n) is 10.9. The quantitative estimate of drug-likeness (QED) is 0.618. The molecule has 0 saturated heterocycles. The highest BCUT2D eigenvalue weighted by molar-refractivity contribution is 5.40. The molecule has 0 radical (unpaired) electrons. The number of alkyl halides is 3. The molecule has 5 unspecified atom stereocenters. The Kier molecular flexibility index (Phi) is 5.86. The van der Waals surface area contributed by atoms with E-state index in [2.05, 4.69) is 17.7 Å². The van der Waals surface area contributed by atoms with Crippen molar-refractivity contribution in [2.24, 2.45) is 17.3 Å². The van der Waals surface area contributed by atoms with E-state index in [0.29, 0.717) is 36.5 Å². The Labute approximate surface area is 170 Å². The number of halogens is 3. The highest BCUT2D eigenvalue weighted by Gasteiger charge is 2.55. The number of phenolic OH excluding ortho intramolecular Hbond substituents is 1. The maximum absolute atomic E-state index is 12.1. The van der Waals surface area contributed by atoms with Crippen molar-refractivity contribution >= 4 is 0 Å². The Balaban J connectivity index is 1.33. The van der Waals surface area contributed by atoms with Gasteiger partial charge in [0.05, 0.1) is 6.10 Å². The van der Waals surface area contributed by atoms with Gasteiger partial charge in [0.1, 0.15) is 12.4 Å². The number of rotatable bonds is 6. The van der Waals surface area contributed by atoms with Gasteiger partial charge in [0, 0.05) is 13.2 Å². The molecule has 0 spiro atoms. The fourth-order valence-corrected chi connectivity index (χ4v) is 6.37. The normalized spacial score (nSPS) is 33.8. The number of hydrogen-bond donors (Lipinski definition) is 1. The van der Waals surface area contributed by atoms with Crippen molar-refractivity contribution in [3.05, 3.63) is 29.3 Å². The van der Waals surface area contributed by atoms with Crippen molar-refractivity contribution in [2.45, 2.75) is 70.1 Å². The van der Waals surface area contributed by atoms with Crippen LogP contribution in [-0.4, -0.2) is 37.2 Å². The number of hydrogen-bond acceptors (Lipinski definition) is 3. The number of benzene rings is 1. The van der Waals surface area contributed by atoms with E-state index < -0.39 is 12.8 Å². The summed E-state index contributed by atoms with van der Waals surface area (Å²) >= 11 is 0. The van der Waals surface area contributed by atoms with Crippen molar-refractivity contribution in [2.75, 3.05) is 19.8 Å². The predicted molar refractivity (Wildman–Crippen MR) is 104 cm³/mol. The molecule has 3 aliphatic carbocycles. The highest BCUT2D eigenvalue weighted by atomic mass is 19.4. The second-order valence-corrected chi connectivity index (χ2v) is 9.30. The topological polar surface area (TPSA) is 38.7 Å². The van der Waals surface area contributed by atoms with Gasteiger partial charge in [-0.05, 0) is 91.4 Å². The summed E-state index contributed by atoms with van der Waals surface area (Å²) in [6.45, 7) is 1.72. The zero-order valence-electron chi connectivity index (χ0n) is 17.0. The van der Waals surface area contributed by atoms with Gasteiger partial charge in [-0.2, -0.15) is 13.2 Å². The molecule has 3 nitrogen and oxygen atoms in total. The average Bonchev–Trinajstić information content (AvgIpc) is 2.99. The van der Waals surface area contributed by atoms with Crippen molar-refractivity contribution in [3.63, 3.8) is 0 Å². The van der Waals surface area contributed by atoms with Crippen LogP contribution in [0.3, 0.4) is 0 Å². The molecule has 5 atom stereocenters. The molecule has 29 heavy (non-hydrogen) atoms. The third-order valence-electron chi connectivity index (χ3n) is 7.64. The van der Waals surface area contributed by atoms with Crippen LogP contribution in [0.25, 0.3) is 0 Å². The minimum Gasteiger partial charge on any atom is -0.508 e. The van der Waals surface area contributed by atoms with E-state index in [4.69, 9.17) is 4.74 Å². The van der Waals surface area contributed by atoms with Crippen LogP contribution < -0.4 is 0 Å². The third-order valence-corrected chi connectivity index (χ3v) is 7.64. The molecule has 0 amide bonds. The van der Waals surface area contributed by atoms with Crippen LogP contribution in [-0.2, 0) is 15.9 Å². The van der Waals surface area contributed by atoms with Gasteiger partial charge in [-0.3, -0.25) is 0 Å². The van der Waals surface area contributed by atoms with Crippen molar-refractivity contribution in [1.82, 2.24) is 0 Å². The van der Waals surface area contributed by atoms with Gasteiger partial charge in [-0.25, -0.2) is 0 Å². The Hall–Kier alpha value is -1.27. The van der Waals surface area contributed by atoms with Crippen LogP contribution in [0.5, 0.6) is 5.75 Å². The van der Waals surface area contributed by atoms with Crippen LogP contribution in [0.1, 0.15) is 62.5 Å². The minimum atomic E-state index is -4.26. The molecule has 0 aliphatic heterocycles. The summed E-state index contributed by atoms with van der Waals surface area (Å²) in [6, 6.07) is 5.87. The lowest BCUT2D eigenvalue weighted by molar-refractivity contribution is -0.175. The molecule has 162 valence electrons. The van der Waals surface area contributed by atoms with Gasteiger partial charge in [0.15, 0.2) is 0 Å². The van der Waals surface area contributed by atoms with Gasteiger partial charge < -0.3 is 14.6 Å². The summed E-state index contributed by atoms with van der Waals surface area (Å²) in [5.41, 5.74) is 2.88. The molecular weight excluding hydrogens is 381 g/mol. The molecule has 4 rings (SSSR count). The minimum absolute atomic E-state index is 0.0840. The van der Waals surface area contributed by atoms with E-state index >= 15 is 0 Å². The number of fused-ring (bicyclic) bond motifs is 5. The lowest BCUT2D eigenvalue weighted by atomic mass is 9.55. The first-order chi connectivity index (χ1) is 13.8. The molecule has 1 aromatic rings. The van der Waals surface area contributed by atoms with E-state index in [0.717, 1.165) is 25.7 Å². The van der Waals surface area contributed by atoms with Gasteiger partial charge in [0.2, 0.25) is 0 Å². The smallest absolute Gasteiger partial charge is 0.411 e. The zero-order valence-corrected chi connectivity index (χ0v) is 17.0. The molecule has 0 bridgehead atoms. The maximum Gasteiger partial charge on any atom is 0.411 e. The number of phenols is 1. The molecule has 2 saturated carbocycles.